The summed E-state index contributed by atoms with van der Waals surface area (Å²) in [6.45, 7) is 0. The van der Waals surface area contributed by atoms with Crippen LogP contribution in [-0.4, -0.2) is 25.1 Å². The van der Waals surface area contributed by atoms with E-state index in [2.05, 4.69) is 23.6 Å². The molecule has 0 bridgehead atoms. The summed E-state index contributed by atoms with van der Waals surface area (Å²) in [6, 6.07) is 16.0. The number of amides is 1. The maximum atomic E-state index is 13.3. The summed E-state index contributed by atoms with van der Waals surface area (Å²) in [5, 5.41) is 1.86. The molecule has 0 spiro atoms. The first-order valence-corrected chi connectivity index (χ1v) is 11.0. The number of hydrogen-bond acceptors (Lipinski definition) is 4. The maximum Gasteiger partial charge on any atom is 0.244 e. The zero-order chi connectivity index (χ0) is 21.4. The molecule has 1 heterocycles. The lowest BCUT2D eigenvalue weighted by molar-refractivity contribution is -0.136. The highest BCUT2D eigenvalue weighted by Crippen LogP contribution is 2.48. The monoisotopic (exact) mass is 416 g/mol. The Kier molecular flexibility index (Phi) is 5.18. The number of rotatable bonds is 5. The maximum absolute atomic E-state index is 13.3. The standard InChI is InChI=1S/C26H28N2O3/c1-30-22-12-5-3-8-18(22)16-19-9-7-11-21-24(19)27-28(26(29)17-14-15-17)25(21)20-10-4-6-13-23(20)31-2/h3-6,8,10,12-13,16-17,25,27H,7,9,11,14-15H2,1-2H3/b19-16+/t25-/m1/s1. The third-order valence-corrected chi connectivity index (χ3v) is 6.42. The van der Waals surface area contributed by atoms with Crippen LogP contribution in [0, 0.1) is 5.92 Å². The van der Waals surface area contributed by atoms with Crippen LogP contribution in [0.15, 0.2) is 65.4 Å². The molecule has 2 aromatic carbocycles. The number of ether oxygens (including phenoxy) is 2. The summed E-state index contributed by atoms with van der Waals surface area (Å²) < 4.78 is 11.2. The molecule has 0 saturated heterocycles. The number of hydrazine groups is 1. The molecule has 0 radical (unpaired) electrons. The minimum Gasteiger partial charge on any atom is -0.496 e. The fraction of sp³-hybridized carbons (Fsp3) is 0.346. The second-order valence-corrected chi connectivity index (χ2v) is 8.40. The molecule has 2 aliphatic carbocycles. The lowest BCUT2D eigenvalue weighted by Crippen LogP contribution is -2.41. The molecule has 0 aromatic heterocycles. The first-order chi connectivity index (χ1) is 15.2. The van der Waals surface area contributed by atoms with Crippen molar-refractivity contribution >= 4 is 12.0 Å². The van der Waals surface area contributed by atoms with Gasteiger partial charge in [-0.1, -0.05) is 36.4 Å². The van der Waals surface area contributed by atoms with Crippen molar-refractivity contribution in [2.24, 2.45) is 5.92 Å². The highest BCUT2D eigenvalue weighted by atomic mass is 16.5. The third kappa shape index (κ3) is 3.58. The Balaban J connectivity index is 1.60. The van der Waals surface area contributed by atoms with Gasteiger partial charge in [0.25, 0.3) is 0 Å². The molecule has 1 fully saturated rings. The SMILES string of the molecule is COc1ccccc1/C=C1\CCCC2=C1NN(C(=O)C1CC1)[C@@H]2c1ccccc1OC. The molecule has 3 aliphatic rings. The van der Waals surface area contributed by atoms with Crippen molar-refractivity contribution in [3.8, 4) is 11.5 Å². The van der Waals surface area contributed by atoms with E-state index in [1.807, 2.05) is 41.4 Å². The van der Waals surface area contributed by atoms with Gasteiger partial charge in [-0.05, 0) is 61.5 Å². The van der Waals surface area contributed by atoms with Gasteiger partial charge >= 0.3 is 0 Å². The number of hydrogen-bond donors (Lipinski definition) is 1. The van der Waals surface area contributed by atoms with Gasteiger partial charge < -0.3 is 9.47 Å². The van der Waals surface area contributed by atoms with Gasteiger partial charge in [-0.3, -0.25) is 10.2 Å². The minimum absolute atomic E-state index is 0.132. The van der Waals surface area contributed by atoms with E-state index < -0.39 is 0 Å². The van der Waals surface area contributed by atoms with Crippen molar-refractivity contribution in [1.29, 1.82) is 0 Å². The number of nitrogens with one attached hydrogen (secondary N) is 1. The van der Waals surface area contributed by atoms with Crippen molar-refractivity contribution in [3.05, 3.63) is 76.5 Å². The molecule has 1 saturated carbocycles. The molecule has 5 nitrogen and oxygen atoms in total. The Bertz CT molecular complexity index is 1070. The zero-order valence-corrected chi connectivity index (χ0v) is 18.1. The Hall–Kier alpha value is -3.21. The Morgan fingerprint density at radius 1 is 1.00 bits per heavy atom. The summed E-state index contributed by atoms with van der Waals surface area (Å²) in [4.78, 5) is 13.3. The number of benzene rings is 2. The van der Waals surface area contributed by atoms with E-state index >= 15 is 0 Å². The van der Waals surface area contributed by atoms with Crippen molar-refractivity contribution < 1.29 is 14.3 Å². The van der Waals surface area contributed by atoms with E-state index in [9.17, 15) is 4.79 Å². The van der Waals surface area contributed by atoms with Crippen LogP contribution in [0.2, 0.25) is 0 Å². The number of allylic oxidation sites excluding steroid dienone is 1. The van der Waals surface area contributed by atoms with Gasteiger partial charge in [0.2, 0.25) is 5.91 Å². The van der Waals surface area contributed by atoms with Gasteiger partial charge in [-0.15, -0.1) is 0 Å². The normalized spacial score (nSPS) is 21.7. The summed E-state index contributed by atoms with van der Waals surface area (Å²) >= 11 is 0. The predicted molar refractivity (Wildman–Crippen MR) is 120 cm³/mol. The van der Waals surface area contributed by atoms with E-state index in [-0.39, 0.29) is 17.9 Å². The van der Waals surface area contributed by atoms with E-state index in [0.29, 0.717) is 0 Å². The number of carbonyl (C=O) groups excluding carboxylic acids is 1. The topological polar surface area (TPSA) is 50.8 Å². The largest absolute Gasteiger partial charge is 0.496 e. The molecule has 1 amide bonds. The lowest BCUT2D eigenvalue weighted by Gasteiger charge is -2.28. The lowest BCUT2D eigenvalue weighted by atomic mass is 9.85. The van der Waals surface area contributed by atoms with Gasteiger partial charge in [0.05, 0.1) is 19.9 Å². The van der Waals surface area contributed by atoms with Gasteiger partial charge in [-0.25, -0.2) is 5.01 Å². The van der Waals surface area contributed by atoms with Crippen LogP contribution in [0.4, 0.5) is 0 Å². The van der Waals surface area contributed by atoms with Crippen LogP contribution in [0.1, 0.15) is 49.3 Å². The second kappa shape index (κ2) is 8.14. The molecule has 1 atom stereocenters. The number of nitrogens with zero attached hydrogens (tertiary/aromatic N) is 1. The Labute approximate surface area is 183 Å². The zero-order valence-electron chi connectivity index (χ0n) is 18.1. The van der Waals surface area contributed by atoms with Crippen LogP contribution in [0.25, 0.3) is 6.08 Å². The van der Waals surface area contributed by atoms with Crippen molar-refractivity contribution in [1.82, 2.24) is 10.4 Å². The van der Waals surface area contributed by atoms with E-state index in [0.717, 1.165) is 60.4 Å². The molecule has 2 aromatic rings. The third-order valence-electron chi connectivity index (χ3n) is 6.42. The molecule has 160 valence electrons. The first kappa shape index (κ1) is 19.7. The van der Waals surface area contributed by atoms with Crippen LogP contribution < -0.4 is 14.9 Å². The van der Waals surface area contributed by atoms with Crippen LogP contribution in [0.5, 0.6) is 11.5 Å². The average Bonchev–Trinajstić information content (AvgIpc) is 3.59. The smallest absolute Gasteiger partial charge is 0.244 e. The second-order valence-electron chi connectivity index (χ2n) is 8.40. The summed E-state index contributed by atoms with van der Waals surface area (Å²) in [7, 11) is 3.39. The minimum atomic E-state index is -0.138. The van der Waals surface area contributed by atoms with Gasteiger partial charge in [0.1, 0.15) is 17.5 Å². The van der Waals surface area contributed by atoms with Crippen molar-refractivity contribution in [3.63, 3.8) is 0 Å². The molecule has 1 aliphatic heterocycles. The number of para-hydroxylation sites is 2. The van der Waals surface area contributed by atoms with E-state index in [1.165, 1.54) is 11.1 Å². The Morgan fingerprint density at radius 3 is 2.45 bits per heavy atom. The highest BCUT2D eigenvalue weighted by Gasteiger charge is 2.44. The van der Waals surface area contributed by atoms with Gasteiger partial charge in [0, 0.05) is 17.0 Å². The van der Waals surface area contributed by atoms with Gasteiger partial charge in [0.15, 0.2) is 0 Å². The predicted octanol–water partition coefficient (Wildman–Crippen LogP) is 5.02. The highest BCUT2D eigenvalue weighted by molar-refractivity contribution is 5.83. The van der Waals surface area contributed by atoms with E-state index in [4.69, 9.17) is 9.47 Å². The Morgan fingerprint density at radius 2 is 1.71 bits per heavy atom. The molecule has 5 rings (SSSR count). The van der Waals surface area contributed by atoms with Crippen LogP contribution in [0.3, 0.4) is 0 Å². The summed E-state index contributed by atoms with van der Waals surface area (Å²) in [6.07, 6.45) is 7.13. The molecule has 1 N–H and O–H groups in total. The van der Waals surface area contributed by atoms with Crippen LogP contribution >= 0.6 is 0 Å². The van der Waals surface area contributed by atoms with E-state index in [1.54, 1.807) is 14.2 Å². The molecule has 31 heavy (non-hydrogen) atoms. The summed E-state index contributed by atoms with van der Waals surface area (Å²) in [5.74, 6) is 1.99. The van der Waals surface area contributed by atoms with Gasteiger partial charge in [-0.2, -0.15) is 0 Å². The molecular weight excluding hydrogens is 388 g/mol. The van der Waals surface area contributed by atoms with Crippen molar-refractivity contribution in [2.75, 3.05) is 14.2 Å². The quantitative estimate of drug-likeness (QED) is 0.743. The first-order valence-electron chi connectivity index (χ1n) is 11.0. The molecule has 5 heteroatoms. The average molecular weight is 417 g/mol. The number of methoxy groups -OCH3 is 2. The fourth-order valence-corrected chi connectivity index (χ4v) is 4.73. The summed E-state index contributed by atoms with van der Waals surface area (Å²) in [5.41, 5.74) is 9.18. The van der Waals surface area contributed by atoms with Crippen LogP contribution in [-0.2, 0) is 4.79 Å². The fourth-order valence-electron chi connectivity index (χ4n) is 4.73. The molecular formula is C26H28N2O3. The number of carbonyl (C=O) groups is 1. The van der Waals surface area contributed by atoms with Crippen molar-refractivity contribution in [2.45, 2.75) is 38.1 Å². The molecule has 0 unspecified atom stereocenters.